The van der Waals surface area contributed by atoms with Crippen LogP contribution in [-0.2, 0) is 15.6 Å². The predicted molar refractivity (Wildman–Crippen MR) is 163 cm³/mol. The molecule has 0 aliphatic heterocycles. The van der Waals surface area contributed by atoms with E-state index in [0.717, 1.165) is 25.1 Å². The van der Waals surface area contributed by atoms with Crippen molar-refractivity contribution in [3.63, 3.8) is 0 Å². The van der Waals surface area contributed by atoms with E-state index in [4.69, 9.17) is 0 Å². The molecule has 0 saturated carbocycles. The molecule has 0 radical (unpaired) electrons. The summed E-state index contributed by atoms with van der Waals surface area (Å²) in [6, 6.07) is 16.2. The van der Waals surface area contributed by atoms with Gasteiger partial charge in [-0.05, 0) is 76.6 Å². The molecule has 0 spiro atoms. The highest BCUT2D eigenvalue weighted by Crippen LogP contribution is 2.47. The summed E-state index contributed by atoms with van der Waals surface area (Å²) in [7, 11) is 0. The molecule has 2 aromatic rings. The van der Waals surface area contributed by atoms with Crippen LogP contribution in [0.3, 0.4) is 0 Å². The first-order chi connectivity index (χ1) is 17.9. The Balaban J connectivity index is 1.49. The van der Waals surface area contributed by atoms with Crippen LogP contribution in [0.25, 0.3) is 11.1 Å². The van der Waals surface area contributed by atoms with Gasteiger partial charge in [0.1, 0.15) is 4.75 Å². The number of fused-ring (bicyclic) bond motifs is 1. The Morgan fingerprint density at radius 1 is 0.947 bits per heavy atom. The molecule has 2 aliphatic rings. The number of carboxylic acids is 1. The molecule has 0 unspecified atom stereocenters. The van der Waals surface area contributed by atoms with Crippen LogP contribution in [0.15, 0.2) is 66.8 Å². The third-order valence-electron chi connectivity index (χ3n) is 8.36. The van der Waals surface area contributed by atoms with Crippen LogP contribution < -0.4 is 5.32 Å². The fourth-order valence-corrected chi connectivity index (χ4v) is 6.85. The Kier molecular flexibility index (Phi) is 8.64. The van der Waals surface area contributed by atoms with Crippen molar-refractivity contribution in [3.8, 4) is 11.1 Å². The summed E-state index contributed by atoms with van der Waals surface area (Å²) in [5.74, 6) is 0.111. The van der Waals surface area contributed by atoms with Gasteiger partial charge in [-0.3, -0.25) is 4.79 Å². The molecule has 4 heteroatoms. The summed E-state index contributed by atoms with van der Waals surface area (Å²) >= 11 is 1.52. The minimum Gasteiger partial charge on any atom is -0.480 e. The van der Waals surface area contributed by atoms with Gasteiger partial charge in [0.15, 0.2) is 0 Å². The van der Waals surface area contributed by atoms with E-state index in [9.17, 15) is 9.90 Å². The van der Waals surface area contributed by atoms with Gasteiger partial charge < -0.3 is 10.4 Å². The van der Waals surface area contributed by atoms with Crippen LogP contribution >= 0.6 is 11.8 Å². The van der Waals surface area contributed by atoms with Crippen LogP contribution in [0.1, 0.15) is 89.8 Å². The lowest BCUT2D eigenvalue weighted by atomic mass is 9.63. The molecule has 0 atom stereocenters. The molecule has 2 aliphatic carbocycles. The number of allylic oxidation sites excluding steroid dienone is 2. The Morgan fingerprint density at radius 3 is 2.26 bits per heavy atom. The van der Waals surface area contributed by atoms with Crippen molar-refractivity contribution in [2.75, 3.05) is 12.3 Å². The Morgan fingerprint density at radius 2 is 1.61 bits per heavy atom. The zero-order valence-corrected chi connectivity index (χ0v) is 24.8. The van der Waals surface area contributed by atoms with E-state index in [0.29, 0.717) is 6.04 Å². The van der Waals surface area contributed by atoms with Gasteiger partial charge >= 0.3 is 5.97 Å². The number of hydrogen-bond acceptors (Lipinski definition) is 3. The van der Waals surface area contributed by atoms with Gasteiger partial charge in [0.2, 0.25) is 0 Å². The highest BCUT2D eigenvalue weighted by atomic mass is 32.2. The molecule has 0 bridgehead atoms. The van der Waals surface area contributed by atoms with Crippen molar-refractivity contribution in [3.05, 3.63) is 83.5 Å². The van der Waals surface area contributed by atoms with Crippen LogP contribution in [0.2, 0.25) is 0 Å². The van der Waals surface area contributed by atoms with Crippen molar-refractivity contribution in [1.29, 1.82) is 0 Å². The van der Waals surface area contributed by atoms with Crippen LogP contribution in [0, 0.1) is 0 Å². The monoisotopic (exact) mass is 531 g/mol. The van der Waals surface area contributed by atoms with Crippen LogP contribution in [0.4, 0.5) is 0 Å². The summed E-state index contributed by atoms with van der Waals surface area (Å²) in [4.78, 5) is 12.2. The first-order valence-electron chi connectivity index (χ1n) is 14.2. The number of benzene rings is 2. The number of aliphatic carboxylic acids is 1. The first kappa shape index (κ1) is 28.7. The van der Waals surface area contributed by atoms with Crippen LogP contribution in [0.5, 0.6) is 0 Å². The Labute approximate surface area is 234 Å². The summed E-state index contributed by atoms with van der Waals surface area (Å²) < 4.78 is -0.976. The van der Waals surface area contributed by atoms with Crippen molar-refractivity contribution in [2.24, 2.45) is 0 Å². The zero-order chi connectivity index (χ0) is 27.6. The lowest BCUT2D eigenvalue weighted by Crippen LogP contribution is -2.33. The van der Waals surface area contributed by atoms with E-state index in [1.54, 1.807) is 0 Å². The molecule has 0 aromatic heterocycles. The standard InChI is InChI=1S/C34H45NO2S/c1-24(2)35-20-7-8-21-38-34(31(36)37)16-14-25(15-17-34)26-10-9-11-27(22-26)28-12-13-29-30(23-28)33(5,6)19-18-32(29,3)4/h9-17,22-25,35H,7-8,18-21H2,1-6H3,(H,36,37). The van der Waals surface area contributed by atoms with E-state index in [-0.39, 0.29) is 16.7 Å². The summed E-state index contributed by atoms with van der Waals surface area (Å²) in [5.41, 5.74) is 6.99. The molecule has 4 rings (SSSR count). The smallest absolute Gasteiger partial charge is 0.327 e. The quantitative estimate of drug-likeness (QED) is 0.239. The molecule has 2 aromatic carbocycles. The molecule has 3 nitrogen and oxygen atoms in total. The number of nitrogens with one attached hydrogen (secondary N) is 1. The van der Waals surface area contributed by atoms with Gasteiger partial charge in [0, 0.05) is 12.0 Å². The molecule has 0 heterocycles. The first-order valence-corrected chi connectivity index (χ1v) is 15.2. The third kappa shape index (κ3) is 6.29. The molecule has 2 N–H and O–H groups in total. The minimum absolute atomic E-state index is 0.0752. The molecular formula is C34H45NO2S. The third-order valence-corrected chi connectivity index (χ3v) is 9.78. The minimum atomic E-state index is -0.976. The Bertz CT molecular complexity index is 1190. The SMILES string of the molecule is CC(C)NCCCCSC1(C(=O)O)C=CC(c2cccc(-c3ccc4c(c3)C(C)(C)CCC4(C)C)c2)C=C1. The summed E-state index contributed by atoms with van der Waals surface area (Å²) in [5, 5.41) is 13.5. The number of thioether (sulfide) groups is 1. The lowest BCUT2D eigenvalue weighted by molar-refractivity contribution is -0.137. The maximum Gasteiger partial charge on any atom is 0.327 e. The fourth-order valence-electron chi connectivity index (χ4n) is 5.69. The predicted octanol–water partition coefficient (Wildman–Crippen LogP) is 8.25. The van der Waals surface area contributed by atoms with Crippen molar-refractivity contribution < 1.29 is 9.90 Å². The average Bonchev–Trinajstić information content (AvgIpc) is 2.89. The number of unbranched alkanes of at least 4 members (excludes halogenated alkanes) is 1. The molecule has 0 fully saturated rings. The number of hydrogen-bond donors (Lipinski definition) is 2. The lowest BCUT2D eigenvalue weighted by Gasteiger charge is -2.42. The molecule has 38 heavy (non-hydrogen) atoms. The highest BCUT2D eigenvalue weighted by Gasteiger charge is 2.37. The molecular weight excluding hydrogens is 486 g/mol. The zero-order valence-electron chi connectivity index (χ0n) is 24.0. The second kappa shape index (κ2) is 11.4. The maximum absolute atomic E-state index is 12.2. The van der Waals surface area contributed by atoms with Crippen LogP contribution in [-0.4, -0.2) is 34.2 Å². The van der Waals surface area contributed by atoms with Gasteiger partial charge in [0.25, 0.3) is 0 Å². The van der Waals surface area contributed by atoms with E-state index < -0.39 is 10.7 Å². The largest absolute Gasteiger partial charge is 0.480 e. The maximum atomic E-state index is 12.2. The topological polar surface area (TPSA) is 49.3 Å². The molecule has 0 saturated heterocycles. The average molecular weight is 532 g/mol. The second-order valence-electron chi connectivity index (χ2n) is 12.7. The van der Waals surface area contributed by atoms with Gasteiger partial charge in [0.05, 0.1) is 0 Å². The van der Waals surface area contributed by atoms with Gasteiger partial charge in [-0.1, -0.05) is 108 Å². The normalized spacial score (nSPS) is 23.4. The summed E-state index contributed by atoms with van der Waals surface area (Å²) in [6.45, 7) is 14.7. The highest BCUT2D eigenvalue weighted by molar-refractivity contribution is 8.01. The number of carboxylic acid groups (broad SMARTS) is 1. The van der Waals surface area contributed by atoms with E-state index in [1.165, 1.54) is 52.4 Å². The van der Waals surface area contributed by atoms with Crippen molar-refractivity contribution in [1.82, 2.24) is 5.32 Å². The van der Waals surface area contributed by atoms with Gasteiger partial charge in [-0.25, -0.2) is 0 Å². The number of carbonyl (C=O) groups is 1. The second-order valence-corrected chi connectivity index (χ2v) is 14.0. The van der Waals surface area contributed by atoms with E-state index >= 15 is 0 Å². The number of rotatable bonds is 10. The van der Waals surface area contributed by atoms with Crippen molar-refractivity contribution in [2.45, 2.75) is 94.8 Å². The van der Waals surface area contributed by atoms with Crippen molar-refractivity contribution >= 4 is 17.7 Å². The van der Waals surface area contributed by atoms with E-state index in [1.807, 2.05) is 12.2 Å². The fraction of sp³-hybridized carbons (Fsp3) is 0.500. The molecule has 0 amide bonds. The Hall–Kier alpha value is -2.30. The van der Waals surface area contributed by atoms with E-state index in [2.05, 4.69) is 101 Å². The summed E-state index contributed by atoms with van der Waals surface area (Å²) in [6.07, 6.45) is 12.4. The van der Waals surface area contributed by atoms with Gasteiger partial charge in [-0.2, -0.15) is 0 Å². The molecule has 204 valence electrons. The van der Waals surface area contributed by atoms with Gasteiger partial charge in [-0.15, -0.1) is 11.8 Å².